The molecule has 0 radical (unpaired) electrons. The summed E-state index contributed by atoms with van der Waals surface area (Å²) in [7, 11) is 0. The van der Waals surface area contributed by atoms with Crippen LogP contribution in [0, 0.1) is 0 Å². The van der Waals surface area contributed by atoms with Gasteiger partial charge in [-0.3, -0.25) is 14.8 Å². The number of fused-ring (bicyclic) bond motifs is 1. The number of hydrogen-bond donors (Lipinski definition) is 1. The first kappa shape index (κ1) is 19.5. The minimum absolute atomic E-state index is 0. The van der Waals surface area contributed by atoms with Gasteiger partial charge in [0.2, 0.25) is 0 Å². The lowest BCUT2D eigenvalue weighted by Gasteiger charge is -2.08. The number of aromatic nitrogens is 4. The first-order valence-electron chi connectivity index (χ1n) is 8.76. The van der Waals surface area contributed by atoms with Crippen LogP contribution < -0.4 is 10.3 Å². The third-order valence-electron chi connectivity index (χ3n) is 4.24. The highest BCUT2D eigenvalue weighted by Crippen LogP contribution is 2.20. The fourth-order valence-electron chi connectivity index (χ4n) is 2.86. The molecule has 0 aliphatic carbocycles. The maximum Gasteiger partial charge on any atom is 0.259 e. The van der Waals surface area contributed by atoms with Crippen molar-refractivity contribution >= 4 is 23.3 Å². The van der Waals surface area contributed by atoms with Gasteiger partial charge < -0.3 is 9.72 Å². The van der Waals surface area contributed by atoms with Crippen molar-refractivity contribution in [1.29, 1.82) is 0 Å². The van der Waals surface area contributed by atoms with Crippen molar-refractivity contribution in [3.05, 3.63) is 83.2 Å². The van der Waals surface area contributed by atoms with E-state index in [1.807, 2.05) is 36.4 Å². The third-order valence-corrected chi connectivity index (χ3v) is 4.24. The van der Waals surface area contributed by atoms with Crippen molar-refractivity contribution in [2.24, 2.45) is 0 Å². The van der Waals surface area contributed by atoms with E-state index in [2.05, 4.69) is 19.9 Å². The van der Waals surface area contributed by atoms with Gasteiger partial charge in [0, 0.05) is 30.4 Å². The molecule has 4 aromatic rings. The molecule has 0 aliphatic rings. The molecule has 0 saturated carbocycles. The smallest absolute Gasteiger partial charge is 0.259 e. The van der Waals surface area contributed by atoms with Crippen LogP contribution in [0.3, 0.4) is 0 Å². The third kappa shape index (κ3) is 4.53. The van der Waals surface area contributed by atoms with Crippen LogP contribution in [0.2, 0.25) is 0 Å². The van der Waals surface area contributed by atoms with Gasteiger partial charge in [-0.25, -0.2) is 4.98 Å². The molecule has 1 aromatic carbocycles. The summed E-state index contributed by atoms with van der Waals surface area (Å²) >= 11 is 0. The van der Waals surface area contributed by atoms with Crippen molar-refractivity contribution in [2.75, 3.05) is 6.61 Å². The lowest BCUT2D eigenvalue weighted by Crippen LogP contribution is -2.10. The van der Waals surface area contributed by atoms with E-state index in [1.165, 1.54) is 5.56 Å². The first-order valence-corrected chi connectivity index (χ1v) is 8.76. The SMILES string of the molecule is Cl.O=c1[nH]c(-c2cccnc2)nc2ccc(OCCCc3ccncc3)cc12. The Hall–Kier alpha value is -3.25. The van der Waals surface area contributed by atoms with Crippen LogP contribution in [0.5, 0.6) is 5.75 Å². The summed E-state index contributed by atoms with van der Waals surface area (Å²) in [6, 6.07) is 13.1. The highest BCUT2D eigenvalue weighted by Gasteiger charge is 2.07. The molecule has 0 saturated heterocycles. The van der Waals surface area contributed by atoms with Gasteiger partial charge in [-0.1, -0.05) is 0 Å². The molecular formula is C21H19ClN4O2. The Morgan fingerprint density at radius 2 is 1.86 bits per heavy atom. The topological polar surface area (TPSA) is 80.8 Å². The van der Waals surface area contributed by atoms with Crippen molar-refractivity contribution < 1.29 is 4.74 Å². The largest absolute Gasteiger partial charge is 0.494 e. The standard InChI is InChI=1S/C21H18N4O2.ClH/c26-21-18-13-17(27-12-2-3-15-7-10-22-11-8-15)5-6-19(18)24-20(25-21)16-4-1-9-23-14-16;/h1,4-11,13-14H,2-3,12H2,(H,24,25,26);1H. The number of aryl methyl sites for hydroxylation is 1. The minimum Gasteiger partial charge on any atom is -0.494 e. The Labute approximate surface area is 168 Å². The quantitative estimate of drug-likeness (QED) is 0.503. The zero-order valence-electron chi connectivity index (χ0n) is 15.0. The van der Waals surface area contributed by atoms with Crippen LogP contribution in [0.1, 0.15) is 12.0 Å². The van der Waals surface area contributed by atoms with E-state index in [9.17, 15) is 4.79 Å². The van der Waals surface area contributed by atoms with E-state index in [4.69, 9.17) is 4.74 Å². The van der Waals surface area contributed by atoms with Crippen LogP contribution in [-0.4, -0.2) is 26.5 Å². The van der Waals surface area contributed by atoms with Crippen LogP contribution in [0.25, 0.3) is 22.3 Å². The average Bonchev–Trinajstić information content (AvgIpc) is 2.73. The van der Waals surface area contributed by atoms with Crippen LogP contribution in [0.15, 0.2) is 72.0 Å². The van der Waals surface area contributed by atoms with Crippen LogP contribution in [-0.2, 0) is 6.42 Å². The van der Waals surface area contributed by atoms with Gasteiger partial charge in [0.05, 0.1) is 17.5 Å². The molecule has 4 rings (SSSR count). The molecular weight excluding hydrogens is 376 g/mol. The number of nitrogens with one attached hydrogen (secondary N) is 1. The summed E-state index contributed by atoms with van der Waals surface area (Å²) in [6.45, 7) is 0.576. The molecule has 7 heteroatoms. The number of hydrogen-bond acceptors (Lipinski definition) is 5. The van der Waals surface area contributed by atoms with E-state index >= 15 is 0 Å². The Bertz CT molecular complexity index is 1100. The van der Waals surface area contributed by atoms with E-state index in [0.717, 1.165) is 18.4 Å². The van der Waals surface area contributed by atoms with Crippen LogP contribution >= 0.6 is 12.4 Å². The summed E-state index contributed by atoms with van der Waals surface area (Å²) in [5.41, 5.74) is 2.44. The number of halogens is 1. The Morgan fingerprint density at radius 1 is 1.00 bits per heavy atom. The van der Waals surface area contributed by atoms with Crippen molar-refractivity contribution in [1.82, 2.24) is 19.9 Å². The van der Waals surface area contributed by atoms with E-state index < -0.39 is 0 Å². The number of rotatable bonds is 6. The molecule has 3 aromatic heterocycles. The summed E-state index contributed by atoms with van der Waals surface area (Å²) in [5.74, 6) is 1.17. The number of nitrogens with zero attached hydrogens (tertiary/aromatic N) is 3. The number of aromatic amines is 1. The maximum atomic E-state index is 12.5. The minimum atomic E-state index is -0.193. The second-order valence-electron chi connectivity index (χ2n) is 6.14. The normalized spacial score (nSPS) is 10.4. The molecule has 3 heterocycles. The van der Waals surface area contributed by atoms with Gasteiger partial charge in [0.25, 0.3) is 5.56 Å². The highest BCUT2D eigenvalue weighted by atomic mass is 35.5. The Kier molecular flexibility index (Phi) is 6.34. The molecule has 0 fully saturated rings. The molecule has 6 nitrogen and oxygen atoms in total. The Morgan fingerprint density at radius 3 is 2.64 bits per heavy atom. The van der Waals surface area contributed by atoms with Crippen molar-refractivity contribution in [3.63, 3.8) is 0 Å². The summed E-state index contributed by atoms with van der Waals surface area (Å²) in [5, 5.41) is 0.509. The lowest BCUT2D eigenvalue weighted by molar-refractivity contribution is 0.311. The summed E-state index contributed by atoms with van der Waals surface area (Å²) in [4.78, 5) is 27.9. The van der Waals surface area contributed by atoms with Gasteiger partial charge in [0.15, 0.2) is 0 Å². The maximum absolute atomic E-state index is 12.5. The second-order valence-corrected chi connectivity index (χ2v) is 6.14. The molecule has 28 heavy (non-hydrogen) atoms. The Balaban J connectivity index is 0.00000225. The molecule has 0 atom stereocenters. The zero-order valence-corrected chi connectivity index (χ0v) is 15.9. The molecule has 0 amide bonds. The van der Waals surface area contributed by atoms with E-state index in [1.54, 1.807) is 30.9 Å². The van der Waals surface area contributed by atoms with Crippen molar-refractivity contribution in [3.8, 4) is 17.1 Å². The highest BCUT2D eigenvalue weighted by molar-refractivity contribution is 5.85. The first-order chi connectivity index (χ1) is 13.3. The molecule has 0 spiro atoms. The van der Waals surface area contributed by atoms with Crippen molar-refractivity contribution in [2.45, 2.75) is 12.8 Å². The lowest BCUT2D eigenvalue weighted by atomic mass is 10.1. The van der Waals surface area contributed by atoms with E-state index in [0.29, 0.717) is 29.1 Å². The summed E-state index contributed by atoms with van der Waals surface area (Å²) < 4.78 is 5.80. The number of ether oxygens (including phenoxy) is 1. The number of H-pyrrole nitrogens is 1. The fourth-order valence-corrected chi connectivity index (χ4v) is 2.86. The summed E-state index contributed by atoms with van der Waals surface area (Å²) in [6.07, 6.45) is 8.74. The zero-order chi connectivity index (χ0) is 18.5. The van der Waals surface area contributed by atoms with Gasteiger partial charge in [0.1, 0.15) is 11.6 Å². The molecule has 142 valence electrons. The fraction of sp³-hybridized carbons (Fsp3) is 0.143. The van der Waals surface area contributed by atoms with Gasteiger partial charge >= 0.3 is 0 Å². The molecule has 0 aliphatic heterocycles. The molecule has 0 bridgehead atoms. The monoisotopic (exact) mass is 394 g/mol. The molecule has 0 unspecified atom stereocenters. The second kappa shape index (κ2) is 9.10. The molecule has 1 N–H and O–H groups in total. The van der Waals surface area contributed by atoms with E-state index in [-0.39, 0.29) is 18.0 Å². The van der Waals surface area contributed by atoms with Gasteiger partial charge in [-0.15, -0.1) is 12.4 Å². The van der Waals surface area contributed by atoms with Crippen LogP contribution in [0.4, 0.5) is 0 Å². The predicted molar refractivity (Wildman–Crippen MR) is 111 cm³/mol. The average molecular weight is 395 g/mol. The van der Waals surface area contributed by atoms with Gasteiger partial charge in [-0.2, -0.15) is 0 Å². The number of benzene rings is 1. The van der Waals surface area contributed by atoms with Gasteiger partial charge in [-0.05, 0) is 60.9 Å². The predicted octanol–water partition coefficient (Wildman–Crippen LogP) is 3.81. The number of pyridine rings is 2.